The summed E-state index contributed by atoms with van der Waals surface area (Å²) in [5.74, 6) is 0.130. The van der Waals surface area contributed by atoms with Crippen LogP contribution in [0.2, 0.25) is 0 Å². The Kier molecular flexibility index (Phi) is 5.82. The fourth-order valence-corrected chi connectivity index (χ4v) is 4.91. The summed E-state index contributed by atoms with van der Waals surface area (Å²) in [6.45, 7) is 3.56. The number of amides is 2. The quantitative estimate of drug-likeness (QED) is 0.514. The second-order valence-corrected chi connectivity index (χ2v) is 8.99. The van der Waals surface area contributed by atoms with Gasteiger partial charge in [0.25, 0.3) is 11.8 Å². The molecule has 166 valence electrons. The first-order valence-electron chi connectivity index (χ1n) is 11.7. The maximum atomic E-state index is 13.7. The summed E-state index contributed by atoms with van der Waals surface area (Å²) in [5.41, 5.74) is 4.94. The predicted molar refractivity (Wildman–Crippen MR) is 131 cm³/mol. The van der Waals surface area contributed by atoms with Crippen LogP contribution < -0.4 is 4.90 Å². The molecule has 0 bridgehead atoms. The Bertz CT molecular complexity index is 1180. The van der Waals surface area contributed by atoms with E-state index >= 15 is 0 Å². The molecule has 33 heavy (non-hydrogen) atoms. The highest BCUT2D eigenvalue weighted by molar-refractivity contribution is 6.45. The maximum absolute atomic E-state index is 13.7. The fourth-order valence-electron chi connectivity index (χ4n) is 4.91. The molecule has 3 aromatic rings. The van der Waals surface area contributed by atoms with Crippen molar-refractivity contribution in [1.82, 2.24) is 4.90 Å². The van der Waals surface area contributed by atoms with Gasteiger partial charge < -0.3 is 4.90 Å². The molecule has 2 aliphatic rings. The van der Waals surface area contributed by atoms with Crippen LogP contribution in [-0.2, 0) is 16.0 Å². The van der Waals surface area contributed by atoms with Crippen LogP contribution >= 0.6 is 0 Å². The lowest BCUT2D eigenvalue weighted by atomic mass is 9.89. The van der Waals surface area contributed by atoms with Gasteiger partial charge in [-0.15, -0.1) is 0 Å². The molecule has 4 nitrogen and oxygen atoms in total. The zero-order valence-corrected chi connectivity index (χ0v) is 18.9. The largest absolute Gasteiger partial charge is 0.366 e. The molecule has 2 heterocycles. The molecule has 1 fully saturated rings. The van der Waals surface area contributed by atoms with Gasteiger partial charge in [0, 0.05) is 13.1 Å². The minimum atomic E-state index is -0.239. The van der Waals surface area contributed by atoms with Crippen molar-refractivity contribution in [2.45, 2.75) is 26.2 Å². The van der Waals surface area contributed by atoms with Crippen LogP contribution in [-0.4, -0.2) is 29.8 Å². The average molecular weight is 437 g/mol. The van der Waals surface area contributed by atoms with Crippen molar-refractivity contribution in [2.75, 3.05) is 18.0 Å². The van der Waals surface area contributed by atoms with Gasteiger partial charge in [-0.25, -0.2) is 4.90 Å². The van der Waals surface area contributed by atoms with Crippen molar-refractivity contribution in [2.24, 2.45) is 5.92 Å². The van der Waals surface area contributed by atoms with Crippen LogP contribution in [0.5, 0.6) is 0 Å². The van der Waals surface area contributed by atoms with E-state index in [4.69, 9.17) is 0 Å². The molecule has 0 N–H and O–H groups in total. The minimum absolute atomic E-state index is 0.218. The first kappa shape index (κ1) is 21.2. The van der Waals surface area contributed by atoms with Gasteiger partial charge >= 0.3 is 0 Å². The average Bonchev–Trinajstić information content (AvgIpc) is 3.11. The van der Waals surface area contributed by atoms with Gasteiger partial charge in [0.05, 0.1) is 11.3 Å². The second kappa shape index (κ2) is 9.07. The maximum Gasteiger partial charge on any atom is 0.282 e. The van der Waals surface area contributed by atoms with Gasteiger partial charge in [0.2, 0.25) is 0 Å². The van der Waals surface area contributed by atoms with Crippen LogP contribution in [0.25, 0.3) is 5.57 Å². The van der Waals surface area contributed by atoms with E-state index in [1.807, 2.05) is 67.6 Å². The molecule has 5 rings (SSSR count). The van der Waals surface area contributed by atoms with Crippen LogP contribution in [0.15, 0.2) is 90.6 Å². The summed E-state index contributed by atoms with van der Waals surface area (Å²) < 4.78 is 0. The molecule has 2 amide bonds. The van der Waals surface area contributed by atoms with E-state index in [0.717, 1.165) is 43.5 Å². The molecule has 2 aliphatic heterocycles. The van der Waals surface area contributed by atoms with Crippen LogP contribution in [0.3, 0.4) is 0 Å². The van der Waals surface area contributed by atoms with Crippen molar-refractivity contribution in [1.29, 1.82) is 0 Å². The van der Waals surface area contributed by atoms with Crippen molar-refractivity contribution < 1.29 is 9.59 Å². The second-order valence-electron chi connectivity index (χ2n) is 8.99. The molecule has 4 heteroatoms. The monoisotopic (exact) mass is 436 g/mol. The van der Waals surface area contributed by atoms with Gasteiger partial charge in [-0.1, -0.05) is 78.4 Å². The summed E-state index contributed by atoms with van der Waals surface area (Å²) >= 11 is 0. The smallest absolute Gasteiger partial charge is 0.282 e. The molecular formula is C29H28N2O2. The minimum Gasteiger partial charge on any atom is -0.366 e. The number of benzene rings is 3. The lowest BCUT2D eigenvalue weighted by molar-refractivity contribution is -0.120. The van der Waals surface area contributed by atoms with Crippen LogP contribution in [0.1, 0.15) is 29.5 Å². The summed E-state index contributed by atoms with van der Waals surface area (Å²) in [4.78, 5) is 30.7. The third-order valence-electron chi connectivity index (χ3n) is 6.71. The van der Waals surface area contributed by atoms with E-state index in [2.05, 4.69) is 29.2 Å². The zero-order valence-electron chi connectivity index (χ0n) is 18.9. The first-order valence-corrected chi connectivity index (χ1v) is 11.7. The molecule has 0 unspecified atom stereocenters. The Morgan fingerprint density at radius 1 is 0.758 bits per heavy atom. The Balaban J connectivity index is 1.43. The van der Waals surface area contributed by atoms with Gasteiger partial charge in [0.1, 0.15) is 5.70 Å². The summed E-state index contributed by atoms with van der Waals surface area (Å²) in [5, 5.41) is 0. The number of hydrogen-bond donors (Lipinski definition) is 0. The van der Waals surface area contributed by atoms with Crippen LogP contribution in [0, 0.1) is 12.8 Å². The van der Waals surface area contributed by atoms with E-state index in [1.54, 1.807) is 0 Å². The Morgan fingerprint density at radius 3 is 2.00 bits per heavy atom. The number of rotatable bonds is 5. The van der Waals surface area contributed by atoms with Crippen molar-refractivity contribution >= 4 is 23.1 Å². The Morgan fingerprint density at radius 2 is 1.36 bits per heavy atom. The highest BCUT2D eigenvalue weighted by Crippen LogP contribution is 2.36. The molecule has 0 spiro atoms. The SMILES string of the molecule is Cc1ccc(N2C(=O)C(c3ccccc3)=C(N3CCC(Cc4ccccc4)CC3)C2=O)cc1. The Labute approximate surface area is 195 Å². The van der Waals surface area contributed by atoms with E-state index in [1.165, 1.54) is 10.5 Å². The Hall–Kier alpha value is -3.66. The number of carbonyl (C=O) groups is 2. The topological polar surface area (TPSA) is 40.6 Å². The zero-order chi connectivity index (χ0) is 22.8. The van der Waals surface area contributed by atoms with Gasteiger partial charge in [-0.2, -0.15) is 0 Å². The van der Waals surface area contributed by atoms with E-state index < -0.39 is 0 Å². The summed E-state index contributed by atoms with van der Waals surface area (Å²) in [6, 6.07) is 27.8. The van der Waals surface area contributed by atoms with Crippen molar-refractivity contribution in [3.63, 3.8) is 0 Å². The molecule has 0 aliphatic carbocycles. The molecule has 0 atom stereocenters. The molecule has 1 saturated heterocycles. The molecule has 0 saturated carbocycles. The molecule has 0 radical (unpaired) electrons. The number of aryl methyl sites for hydroxylation is 1. The number of imide groups is 1. The lowest BCUT2D eigenvalue weighted by Gasteiger charge is -2.34. The number of carbonyl (C=O) groups excluding carboxylic acids is 2. The van der Waals surface area contributed by atoms with E-state index in [-0.39, 0.29) is 11.8 Å². The number of nitrogens with zero attached hydrogens (tertiary/aromatic N) is 2. The van der Waals surface area contributed by atoms with Gasteiger partial charge in [-0.3, -0.25) is 9.59 Å². The number of likely N-dealkylation sites (tertiary alicyclic amines) is 1. The highest BCUT2D eigenvalue weighted by atomic mass is 16.2. The molecule has 3 aromatic carbocycles. The third kappa shape index (κ3) is 4.21. The first-order chi connectivity index (χ1) is 16.1. The standard InChI is InChI=1S/C29H28N2O2/c1-21-12-14-25(15-13-21)31-28(32)26(24-10-6-3-7-11-24)27(29(31)33)30-18-16-23(17-19-30)20-22-8-4-2-5-9-22/h2-15,23H,16-20H2,1H3. The number of piperidine rings is 1. The normalized spacial score (nSPS) is 17.2. The lowest BCUT2D eigenvalue weighted by Crippen LogP contribution is -2.39. The number of hydrogen-bond acceptors (Lipinski definition) is 3. The third-order valence-corrected chi connectivity index (χ3v) is 6.71. The molecular weight excluding hydrogens is 408 g/mol. The van der Waals surface area contributed by atoms with Gasteiger partial charge in [-0.05, 0) is 55.4 Å². The van der Waals surface area contributed by atoms with Crippen LogP contribution in [0.4, 0.5) is 5.69 Å². The summed E-state index contributed by atoms with van der Waals surface area (Å²) in [7, 11) is 0. The van der Waals surface area contributed by atoms with E-state index in [0.29, 0.717) is 22.9 Å². The van der Waals surface area contributed by atoms with Crippen molar-refractivity contribution in [3.05, 3.63) is 107 Å². The van der Waals surface area contributed by atoms with Gasteiger partial charge in [0.15, 0.2) is 0 Å². The fraction of sp³-hybridized carbons (Fsp3) is 0.241. The highest BCUT2D eigenvalue weighted by Gasteiger charge is 2.43. The predicted octanol–water partition coefficient (Wildman–Crippen LogP) is 5.23. The summed E-state index contributed by atoms with van der Waals surface area (Å²) in [6.07, 6.45) is 3.07. The number of anilines is 1. The van der Waals surface area contributed by atoms with E-state index in [9.17, 15) is 9.59 Å². The molecule has 0 aromatic heterocycles. The van der Waals surface area contributed by atoms with Crippen molar-refractivity contribution in [3.8, 4) is 0 Å².